The number of benzene rings is 2. The first-order valence-corrected chi connectivity index (χ1v) is 8.71. The van der Waals surface area contributed by atoms with Gasteiger partial charge in [-0.25, -0.2) is 0 Å². The van der Waals surface area contributed by atoms with Crippen LogP contribution >= 0.6 is 0 Å². The molecule has 0 aliphatic rings. The molecule has 5 heteroatoms. The Balaban J connectivity index is 1.86. The predicted octanol–water partition coefficient (Wildman–Crippen LogP) is 4.65. The summed E-state index contributed by atoms with van der Waals surface area (Å²) in [6, 6.07) is 14.8. The number of para-hydroxylation sites is 2. The van der Waals surface area contributed by atoms with Gasteiger partial charge in [0.05, 0.1) is 12.2 Å². The molecular formula is C22H26N2O3. The maximum Gasteiger partial charge on any atom is 0.243 e. The van der Waals surface area contributed by atoms with Gasteiger partial charge in [0.2, 0.25) is 5.91 Å². The van der Waals surface area contributed by atoms with Crippen LogP contribution in [0.4, 0.5) is 11.4 Å². The Hall–Kier alpha value is -3.21. The molecular weight excluding hydrogens is 340 g/mol. The smallest absolute Gasteiger partial charge is 0.243 e. The van der Waals surface area contributed by atoms with E-state index in [1.807, 2.05) is 56.3 Å². The second-order valence-electron chi connectivity index (χ2n) is 6.41. The zero-order valence-electron chi connectivity index (χ0n) is 15.9. The summed E-state index contributed by atoms with van der Waals surface area (Å²) in [4.78, 5) is 12.2. The fraction of sp³-hybridized carbons (Fsp3) is 0.227. The minimum atomic E-state index is -0.163. The van der Waals surface area contributed by atoms with Crippen molar-refractivity contribution in [1.82, 2.24) is 0 Å². The maximum atomic E-state index is 12.2. The highest BCUT2D eigenvalue weighted by molar-refractivity contribution is 5.95. The van der Waals surface area contributed by atoms with Gasteiger partial charge >= 0.3 is 0 Å². The lowest BCUT2D eigenvalue weighted by molar-refractivity contribution is -0.114. The molecule has 0 saturated carbocycles. The molecule has 1 amide bonds. The summed E-state index contributed by atoms with van der Waals surface area (Å²) in [5.41, 5.74) is 3.34. The van der Waals surface area contributed by atoms with Gasteiger partial charge in [-0.1, -0.05) is 25.3 Å². The van der Waals surface area contributed by atoms with Crippen molar-refractivity contribution >= 4 is 17.3 Å². The van der Waals surface area contributed by atoms with Gasteiger partial charge in [-0.3, -0.25) is 4.79 Å². The van der Waals surface area contributed by atoms with Crippen molar-refractivity contribution in [1.29, 1.82) is 0 Å². The van der Waals surface area contributed by atoms with Crippen molar-refractivity contribution in [2.45, 2.75) is 13.8 Å². The number of ether oxygens (including phenoxy) is 2. The number of rotatable bonds is 10. The Kier molecular flexibility index (Phi) is 7.49. The second-order valence-corrected chi connectivity index (χ2v) is 6.41. The highest BCUT2D eigenvalue weighted by atomic mass is 16.5. The van der Waals surface area contributed by atoms with Crippen molar-refractivity contribution in [3.05, 3.63) is 72.8 Å². The minimum Gasteiger partial charge on any atom is -0.489 e. The average Bonchev–Trinajstić information content (AvgIpc) is 2.64. The highest BCUT2D eigenvalue weighted by Crippen LogP contribution is 2.24. The Morgan fingerprint density at radius 1 is 0.926 bits per heavy atom. The molecule has 142 valence electrons. The number of carbonyl (C=O) groups excluding carboxylic acids is 1. The molecule has 27 heavy (non-hydrogen) atoms. The van der Waals surface area contributed by atoms with E-state index in [2.05, 4.69) is 23.8 Å². The standard InChI is InChI=1S/C22H26N2O3/c1-16(2)14-26-19-11-9-18(10-12-19)23-13-22(25)24-20-7-5-6-8-21(20)27-15-17(3)4/h5-12,23H,1,3,13-15H2,2,4H3,(H,24,25). The summed E-state index contributed by atoms with van der Waals surface area (Å²) < 4.78 is 11.2. The van der Waals surface area contributed by atoms with E-state index >= 15 is 0 Å². The van der Waals surface area contributed by atoms with Gasteiger partial charge in [-0.2, -0.15) is 0 Å². The fourth-order valence-corrected chi connectivity index (χ4v) is 2.15. The summed E-state index contributed by atoms with van der Waals surface area (Å²) >= 11 is 0. The number of hydrogen-bond acceptors (Lipinski definition) is 4. The summed E-state index contributed by atoms with van der Waals surface area (Å²) in [5, 5.41) is 5.94. The molecule has 0 spiro atoms. The third-order valence-corrected chi connectivity index (χ3v) is 3.43. The molecule has 0 heterocycles. The number of hydrogen-bond donors (Lipinski definition) is 2. The molecule has 2 aromatic carbocycles. The van der Waals surface area contributed by atoms with Crippen LogP contribution in [0.3, 0.4) is 0 Å². The third kappa shape index (κ3) is 7.28. The number of anilines is 2. The number of amides is 1. The minimum absolute atomic E-state index is 0.140. The lowest BCUT2D eigenvalue weighted by Crippen LogP contribution is -2.22. The van der Waals surface area contributed by atoms with E-state index in [0.29, 0.717) is 24.7 Å². The normalized spacial score (nSPS) is 10.0. The first-order valence-electron chi connectivity index (χ1n) is 8.71. The van der Waals surface area contributed by atoms with E-state index in [1.54, 1.807) is 6.07 Å². The van der Waals surface area contributed by atoms with Gasteiger partial charge < -0.3 is 20.1 Å². The van der Waals surface area contributed by atoms with Crippen LogP contribution in [-0.4, -0.2) is 25.7 Å². The highest BCUT2D eigenvalue weighted by Gasteiger charge is 2.08. The van der Waals surface area contributed by atoms with Gasteiger partial charge in [0, 0.05) is 5.69 Å². The molecule has 0 aliphatic heterocycles. The van der Waals surface area contributed by atoms with Crippen LogP contribution < -0.4 is 20.1 Å². The van der Waals surface area contributed by atoms with Crippen molar-refractivity contribution in [3.8, 4) is 11.5 Å². The second kappa shape index (κ2) is 10.1. The third-order valence-electron chi connectivity index (χ3n) is 3.43. The van der Waals surface area contributed by atoms with Crippen LogP contribution in [0, 0.1) is 0 Å². The van der Waals surface area contributed by atoms with Crippen LogP contribution in [0.15, 0.2) is 72.8 Å². The van der Waals surface area contributed by atoms with Crippen molar-refractivity contribution < 1.29 is 14.3 Å². The predicted molar refractivity (Wildman–Crippen MR) is 111 cm³/mol. The molecule has 0 radical (unpaired) electrons. The Morgan fingerprint density at radius 2 is 1.56 bits per heavy atom. The molecule has 0 unspecified atom stereocenters. The van der Waals surface area contributed by atoms with E-state index in [4.69, 9.17) is 9.47 Å². The van der Waals surface area contributed by atoms with E-state index in [0.717, 1.165) is 22.6 Å². The molecule has 0 saturated heterocycles. The van der Waals surface area contributed by atoms with Gasteiger partial charge in [0.15, 0.2) is 0 Å². The van der Waals surface area contributed by atoms with Crippen LogP contribution in [0.1, 0.15) is 13.8 Å². The molecule has 0 aromatic heterocycles. The molecule has 0 aliphatic carbocycles. The van der Waals surface area contributed by atoms with E-state index < -0.39 is 0 Å². The van der Waals surface area contributed by atoms with Crippen LogP contribution in [0.25, 0.3) is 0 Å². The summed E-state index contributed by atoms with van der Waals surface area (Å²) in [6.07, 6.45) is 0. The van der Waals surface area contributed by atoms with Gasteiger partial charge in [-0.05, 0) is 61.4 Å². The average molecular weight is 366 g/mol. The first-order chi connectivity index (χ1) is 12.9. The van der Waals surface area contributed by atoms with Gasteiger partial charge in [0.1, 0.15) is 24.7 Å². The van der Waals surface area contributed by atoms with Crippen molar-refractivity contribution in [2.75, 3.05) is 30.4 Å². The van der Waals surface area contributed by atoms with Gasteiger partial charge in [-0.15, -0.1) is 0 Å². The van der Waals surface area contributed by atoms with Crippen LogP contribution in [-0.2, 0) is 4.79 Å². The summed E-state index contributed by atoms with van der Waals surface area (Å²) in [6.45, 7) is 12.5. The molecule has 0 bridgehead atoms. The lowest BCUT2D eigenvalue weighted by Gasteiger charge is -2.13. The zero-order chi connectivity index (χ0) is 19.6. The topological polar surface area (TPSA) is 59.6 Å². The fourth-order valence-electron chi connectivity index (χ4n) is 2.15. The Morgan fingerprint density at radius 3 is 2.22 bits per heavy atom. The van der Waals surface area contributed by atoms with Gasteiger partial charge in [0.25, 0.3) is 0 Å². The summed E-state index contributed by atoms with van der Waals surface area (Å²) in [7, 11) is 0. The molecule has 0 atom stereocenters. The lowest BCUT2D eigenvalue weighted by atomic mass is 10.2. The van der Waals surface area contributed by atoms with Crippen molar-refractivity contribution in [2.24, 2.45) is 0 Å². The van der Waals surface area contributed by atoms with E-state index in [-0.39, 0.29) is 12.5 Å². The number of carbonyl (C=O) groups is 1. The van der Waals surface area contributed by atoms with E-state index in [9.17, 15) is 4.79 Å². The monoisotopic (exact) mass is 366 g/mol. The quantitative estimate of drug-likeness (QED) is 0.601. The largest absolute Gasteiger partial charge is 0.489 e. The molecule has 0 fully saturated rings. The number of nitrogens with one attached hydrogen (secondary N) is 2. The van der Waals surface area contributed by atoms with Crippen molar-refractivity contribution in [3.63, 3.8) is 0 Å². The molecule has 2 aromatic rings. The SMILES string of the molecule is C=C(C)COc1ccc(NCC(=O)Nc2ccccc2OCC(=C)C)cc1. The Labute approximate surface area is 160 Å². The van der Waals surface area contributed by atoms with Crippen LogP contribution in [0.5, 0.6) is 11.5 Å². The Bertz CT molecular complexity index is 797. The molecule has 2 rings (SSSR count). The summed E-state index contributed by atoms with van der Waals surface area (Å²) in [5.74, 6) is 1.22. The maximum absolute atomic E-state index is 12.2. The van der Waals surface area contributed by atoms with E-state index in [1.165, 1.54) is 0 Å². The molecule has 2 N–H and O–H groups in total. The first kappa shape index (κ1) is 20.1. The zero-order valence-corrected chi connectivity index (χ0v) is 15.9. The van der Waals surface area contributed by atoms with Crippen LogP contribution in [0.2, 0.25) is 0 Å². The molecule has 5 nitrogen and oxygen atoms in total.